The lowest BCUT2D eigenvalue weighted by molar-refractivity contribution is -0.123. The Morgan fingerprint density at radius 1 is 1.10 bits per heavy atom. The van der Waals surface area contributed by atoms with E-state index in [0.717, 1.165) is 5.56 Å². The molecule has 1 amide bonds. The minimum atomic E-state index is -1.10. The third-order valence-electron chi connectivity index (χ3n) is 4.31. The van der Waals surface area contributed by atoms with Crippen LogP contribution in [0.15, 0.2) is 48.5 Å². The van der Waals surface area contributed by atoms with Crippen molar-refractivity contribution in [1.82, 2.24) is 9.78 Å². The number of rotatable bonds is 6. The second kappa shape index (κ2) is 9.51. The number of carbonyl (C=O) groups is 2. The maximum absolute atomic E-state index is 12.7. The van der Waals surface area contributed by atoms with Crippen LogP contribution in [0.25, 0.3) is 0 Å². The molecule has 1 aromatic heterocycles. The van der Waals surface area contributed by atoms with E-state index in [1.807, 2.05) is 30.3 Å². The van der Waals surface area contributed by atoms with E-state index in [1.165, 1.54) is 11.6 Å². The van der Waals surface area contributed by atoms with Crippen molar-refractivity contribution in [3.63, 3.8) is 0 Å². The number of aromatic nitrogens is 2. The smallest absolute Gasteiger partial charge is 0.343 e. The summed E-state index contributed by atoms with van der Waals surface area (Å²) >= 11 is 18.4. The first-order valence-corrected chi connectivity index (χ1v) is 10.1. The summed E-state index contributed by atoms with van der Waals surface area (Å²) < 4.78 is 6.81. The number of nitrogens with zero attached hydrogens (tertiary/aromatic N) is 2. The highest BCUT2D eigenvalue weighted by Crippen LogP contribution is 2.29. The van der Waals surface area contributed by atoms with Gasteiger partial charge in [0.2, 0.25) is 0 Å². The molecule has 0 spiro atoms. The Labute approximate surface area is 188 Å². The van der Waals surface area contributed by atoms with Crippen LogP contribution in [0.2, 0.25) is 15.2 Å². The zero-order chi connectivity index (χ0) is 21.8. The van der Waals surface area contributed by atoms with Gasteiger partial charge >= 0.3 is 5.97 Å². The van der Waals surface area contributed by atoms with E-state index in [1.54, 1.807) is 25.1 Å². The number of nitrogens with one attached hydrogen (secondary N) is 1. The molecule has 30 heavy (non-hydrogen) atoms. The lowest BCUT2D eigenvalue weighted by atomic mass is 10.2. The van der Waals surface area contributed by atoms with E-state index in [0.29, 0.717) is 22.9 Å². The molecule has 0 bridgehead atoms. The van der Waals surface area contributed by atoms with E-state index in [9.17, 15) is 9.59 Å². The van der Waals surface area contributed by atoms with Crippen LogP contribution in [0.4, 0.5) is 5.69 Å². The average Bonchev–Trinajstić information content (AvgIpc) is 2.99. The molecule has 2 aromatic carbocycles. The summed E-state index contributed by atoms with van der Waals surface area (Å²) in [5.41, 5.74) is 1.83. The van der Waals surface area contributed by atoms with Crippen LogP contribution in [0.5, 0.6) is 0 Å². The Morgan fingerprint density at radius 2 is 1.80 bits per heavy atom. The Bertz CT molecular complexity index is 1080. The normalized spacial score (nSPS) is 11.8. The van der Waals surface area contributed by atoms with Crippen LogP contribution in [-0.4, -0.2) is 27.8 Å². The molecule has 156 valence electrons. The van der Waals surface area contributed by atoms with Crippen molar-refractivity contribution in [2.24, 2.45) is 0 Å². The summed E-state index contributed by atoms with van der Waals surface area (Å²) in [6.45, 7) is 3.50. The second-order valence-electron chi connectivity index (χ2n) is 6.53. The monoisotopic (exact) mass is 465 g/mol. The number of ether oxygens (including phenoxy) is 1. The fraction of sp³-hybridized carbons (Fsp3) is 0.190. The number of benzene rings is 2. The fourth-order valence-corrected chi connectivity index (χ4v) is 3.41. The molecule has 6 nitrogen and oxygen atoms in total. The van der Waals surface area contributed by atoms with E-state index >= 15 is 0 Å². The molecule has 0 saturated heterocycles. The number of halogens is 3. The van der Waals surface area contributed by atoms with Gasteiger partial charge in [0, 0.05) is 0 Å². The van der Waals surface area contributed by atoms with Gasteiger partial charge in [0.1, 0.15) is 10.7 Å². The van der Waals surface area contributed by atoms with E-state index in [-0.39, 0.29) is 15.7 Å². The lowest BCUT2D eigenvalue weighted by Gasteiger charge is -2.14. The van der Waals surface area contributed by atoms with Crippen molar-refractivity contribution in [2.75, 3.05) is 5.32 Å². The Hall–Kier alpha value is -2.54. The standard InChI is InChI=1S/C21H18Cl3N3O3/c1-12-17(19(24)27(26-12)11-14-7-4-3-5-8-14)21(29)30-13(2)20(28)25-16-10-6-9-15(22)18(16)23/h3-10,13H,11H2,1-2H3,(H,25,28)/t13-/m0/s1. The van der Waals surface area contributed by atoms with Gasteiger partial charge in [-0.1, -0.05) is 71.2 Å². The molecule has 3 aromatic rings. The molecule has 0 radical (unpaired) electrons. The Morgan fingerprint density at radius 3 is 2.50 bits per heavy atom. The van der Waals surface area contributed by atoms with Gasteiger partial charge in [-0.25, -0.2) is 9.48 Å². The topological polar surface area (TPSA) is 73.2 Å². The van der Waals surface area contributed by atoms with Gasteiger partial charge in [0.15, 0.2) is 6.10 Å². The summed E-state index contributed by atoms with van der Waals surface area (Å²) in [6, 6.07) is 14.4. The van der Waals surface area contributed by atoms with Crippen molar-refractivity contribution in [1.29, 1.82) is 0 Å². The minimum Gasteiger partial charge on any atom is -0.449 e. The van der Waals surface area contributed by atoms with Crippen LogP contribution in [0.1, 0.15) is 28.5 Å². The van der Waals surface area contributed by atoms with Crippen molar-refractivity contribution in [3.05, 3.63) is 80.6 Å². The third-order valence-corrected chi connectivity index (χ3v) is 5.51. The summed E-state index contributed by atoms with van der Waals surface area (Å²) in [4.78, 5) is 25.1. The molecule has 3 rings (SSSR count). The number of hydrogen-bond acceptors (Lipinski definition) is 4. The first-order chi connectivity index (χ1) is 14.3. The molecule has 0 aliphatic heterocycles. The van der Waals surface area contributed by atoms with Gasteiger partial charge in [-0.3, -0.25) is 4.79 Å². The molecule has 0 saturated carbocycles. The molecule has 1 N–H and O–H groups in total. The molecule has 0 fully saturated rings. The van der Waals surface area contributed by atoms with Gasteiger partial charge in [0.25, 0.3) is 5.91 Å². The number of aryl methyl sites for hydroxylation is 1. The Kier molecular flexibility index (Phi) is 7.02. The van der Waals surface area contributed by atoms with Gasteiger partial charge < -0.3 is 10.1 Å². The quantitative estimate of drug-likeness (QED) is 0.495. The van der Waals surface area contributed by atoms with Crippen molar-refractivity contribution >= 4 is 52.4 Å². The number of hydrogen-bond donors (Lipinski definition) is 1. The van der Waals surface area contributed by atoms with E-state index in [2.05, 4.69) is 10.4 Å². The number of amides is 1. The van der Waals surface area contributed by atoms with Crippen LogP contribution >= 0.6 is 34.8 Å². The molecule has 0 aliphatic carbocycles. The molecular formula is C21H18Cl3N3O3. The summed E-state index contributed by atoms with van der Waals surface area (Å²) in [5, 5.41) is 7.55. The molecular weight excluding hydrogens is 449 g/mol. The zero-order valence-corrected chi connectivity index (χ0v) is 18.4. The average molecular weight is 467 g/mol. The third kappa shape index (κ3) is 4.95. The molecule has 9 heteroatoms. The predicted molar refractivity (Wildman–Crippen MR) is 117 cm³/mol. The second-order valence-corrected chi connectivity index (χ2v) is 7.68. The van der Waals surface area contributed by atoms with Crippen LogP contribution in [0, 0.1) is 6.92 Å². The minimum absolute atomic E-state index is 0.119. The number of carbonyl (C=O) groups excluding carboxylic acids is 2. The maximum atomic E-state index is 12.7. The van der Waals surface area contributed by atoms with Crippen LogP contribution in [0.3, 0.4) is 0 Å². The largest absolute Gasteiger partial charge is 0.449 e. The summed E-state index contributed by atoms with van der Waals surface area (Å²) in [7, 11) is 0. The summed E-state index contributed by atoms with van der Waals surface area (Å²) in [6.07, 6.45) is -1.10. The number of anilines is 1. The SMILES string of the molecule is Cc1nn(Cc2ccccc2)c(Cl)c1C(=O)O[C@@H](C)C(=O)Nc1cccc(Cl)c1Cl. The predicted octanol–water partition coefficient (Wildman–Crippen LogP) is 5.38. The number of esters is 1. The molecule has 1 heterocycles. The van der Waals surface area contributed by atoms with Crippen molar-refractivity contribution < 1.29 is 14.3 Å². The first kappa shape index (κ1) is 22.2. The first-order valence-electron chi connectivity index (χ1n) is 9.00. The highest BCUT2D eigenvalue weighted by molar-refractivity contribution is 6.44. The molecule has 0 aliphatic rings. The van der Waals surface area contributed by atoms with E-state index in [4.69, 9.17) is 39.5 Å². The fourth-order valence-electron chi connectivity index (χ4n) is 2.75. The molecule has 1 atom stereocenters. The lowest BCUT2D eigenvalue weighted by Crippen LogP contribution is -2.30. The van der Waals surface area contributed by atoms with Crippen LogP contribution in [-0.2, 0) is 16.1 Å². The van der Waals surface area contributed by atoms with Gasteiger partial charge in [0.05, 0.1) is 28.0 Å². The maximum Gasteiger partial charge on any atom is 0.343 e. The van der Waals surface area contributed by atoms with Crippen molar-refractivity contribution in [2.45, 2.75) is 26.5 Å². The van der Waals surface area contributed by atoms with Gasteiger partial charge in [-0.2, -0.15) is 5.10 Å². The van der Waals surface area contributed by atoms with Gasteiger partial charge in [-0.05, 0) is 31.5 Å². The van der Waals surface area contributed by atoms with Gasteiger partial charge in [-0.15, -0.1) is 0 Å². The van der Waals surface area contributed by atoms with Crippen molar-refractivity contribution in [3.8, 4) is 0 Å². The highest BCUT2D eigenvalue weighted by atomic mass is 35.5. The zero-order valence-electron chi connectivity index (χ0n) is 16.2. The Balaban J connectivity index is 1.70. The molecule has 0 unspecified atom stereocenters. The summed E-state index contributed by atoms with van der Waals surface area (Å²) in [5.74, 6) is -1.30. The highest BCUT2D eigenvalue weighted by Gasteiger charge is 2.26. The van der Waals surface area contributed by atoms with E-state index < -0.39 is 18.0 Å². The van der Waals surface area contributed by atoms with Crippen LogP contribution < -0.4 is 5.32 Å².